The Labute approximate surface area is 163 Å². The van der Waals surface area contributed by atoms with E-state index in [4.69, 9.17) is 15.6 Å². The van der Waals surface area contributed by atoms with Crippen LogP contribution < -0.4 is 5.73 Å². The monoisotopic (exact) mass is 371 g/mol. The lowest BCUT2D eigenvalue weighted by molar-refractivity contribution is -0.189. The SMILES string of the molecule is NC1=NC2(CCc3cccc(-c4cncnc4)c3C2)ON1Cc1ccccc1. The van der Waals surface area contributed by atoms with Gasteiger partial charge in [0.1, 0.15) is 6.33 Å². The number of nitrogens with two attached hydrogens (primary N) is 1. The molecule has 2 heterocycles. The lowest BCUT2D eigenvalue weighted by Gasteiger charge is -2.33. The van der Waals surface area contributed by atoms with Gasteiger partial charge >= 0.3 is 0 Å². The molecular weight excluding hydrogens is 350 g/mol. The topological polar surface area (TPSA) is 76.6 Å². The highest BCUT2D eigenvalue weighted by Gasteiger charge is 2.43. The number of hydrogen-bond acceptors (Lipinski definition) is 6. The molecule has 2 aliphatic rings. The maximum atomic E-state index is 6.33. The van der Waals surface area contributed by atoms with Gasteiger partial charge in [-0.25, -0.2) is 24.9 Å². The molecule has 0 amide bonds. The number of aliphatic imine (C=N–C) groups is 1. The zero-order valence-corrected chi connectivity index (χ0v) is 15.5. The molecule has 5 rings (SSSR count). The van der Waals surface area contributed by atoms with Crippen LogP contribution in [0.1, 0.15) is 23.1 Å². The Morgan fingerprint density at radius 1 is 1.04 bits per heavy atom. The quantitative estimate of drug-likeness (QED) is 0.766. The van der Waals surface area contributed by atoms with Crippen molar-refractivity contribution < 1.29 is 4.84 Å². The summed E-state index contributed by atoms with van der Waals surface area (Å²) in [5.74, 6) is 0.438. The van der Waals surface area contributed by atoms with E-state index in [2.05, 4.69) is 40.3 Å². The van der Waals surface area contributed by atoms with Crippen LogP contribution in [0.15, 0.2) is 72.2 Å². The number of fused-ring (bicyclic) bond motifs is 1. The van der Waals surface area contributed by atoms with E-state index in [9.17, 15) is 0 Å². The zero-order chi connectivity index (χ0) is 19.0. The zero-order valence-electron chi connectivity index (χ0n) is 15.5. The minimum Gasteiger partial charge on any atom is -0.368 e. The van der Waals surface area contributed by atoms with Gasteiger partial charge in [0.05, 0.1) is 6.54 Å². The molecule has 3 aromatic rings. The number of guanidine groups is 1. The van der Waals surface area contributed by atoms with Gasteiger partial charge in [0.25, 0.3) is 0 Å². The molecule has 1 atom stereocenters. The molecule has 6 heteroatoms. The summed E-state index contributed by atoms with van der Waals surface area (Å²) in [4.78, 5) is 19.4. The van der Waals surface area contributed by atoms with Crippen molar-refractivity contribution in [3.05, 3.63) is 83.9 Å². The first-order valence-corrected chi connectivity index (χ1v) is 9.45. The van der Waals surface area contributed by atoms with E-state index >= 15 is 0 Å². The van der Waals surface area contributed by atoms with Crippen molar-refractivity contribution in [2.45, 2.75) is 31.5 Å². The van der Waals surface area contributed by atoms with Crippen molar-refractivity contribution in [3.63, 3.8) is 0 Å². The predicted octanol–water partition coefficient (Wildman–Crippen LogP) is 3.09. The smallest absolute Gasteiger partial charge is 0.219 e. The van der Waals surface area contributed by atoms with Crippen molar-refractivity contribution >= 4 is 5.96 Å². The molecule has 0 saturated heterocycles. The van der Waals surface area contributed by atoms with E-state index in [0.29, 0.717) is 18.9 Å². The number of nitrogens with zero attached hydrogens (tertiary/aromatic N) is 4. The summed E-state index contributed by atoms with van der Waals surface area (Å²) in [7, 11) is 0. The third-order valence-corrected chi connectivity index (χ3v) is 5.41. The molecule has 1 unspecified atom stereocenters. The van der Waals surface area contributed by atoms with Gasteiger partial charge < -0.3 is 5.73 Å². The molecule has 0 saturated carbocycles. The highest BCUT2D eigenvalue weighted by Crippen LogP contribution is 2.40. The lowest BCUT2D eigenvalue weighted by atomic mass is 9.82. The van der Waals surface area contributed by atoms with Crippen LogP contribution in [-0.2, 0) is 24.2 Å². The molecule has 6 nitrogen and oxygen atoms in total. The summed E-state index contributed by atoms with van der Waals surface area (Å²) in [6.07, 6.45) is 7.62. The highest BCUT2D eigenvalue weighted by atomic mass is 16.7. The Kier molecular flexibility index (Phi) is 4.06. The van der Waals surface area contributed by atoms with Crippen LogP contribution in [0.2, 0.25) is 0 Å². The van der Waals surface area contributed by atoms with Crippen LogP contribution >= 0.6 is 0 Å². The second kappa shape index (κ2) is 6.73. The normalized spacial score (nSPS) is 20.9. The Morgan fingerprint density at radius 2 is 1.86 bits per heavy atom. The molecule has 2 aromatic carbocycles. The minimum atomic E-state index is -0.641. The van der Waals surface area contributed by atoms with Crippen LogP contribution in [0.25, 0.3) is 11.1 Å². The van der Waals surface area contributed by atoms with Gasteiger partial charge in [-0.15, -0.1) is 0 Å². The molecule has 1 aromatic heterocycles. The maximum Gasteiger partial charge on any atom is 0.219 e. The van der Waals surface area contributed by atoms with Crippen molar-refractivity contribution in [2.24, 2.45) is 10.7 Å². The third-order valence-electron chi connectivity index (χ3n) is 5.41. The van der Waals surface area contributed by atoms with Gasteiger partial charge in [0.15, 0.2) is 5.72 Å². The van der Waals surface area contributed by atoms with Crippen LogP contribution in [0.4, 0.5) is 0 Å². The maximum absolute atomic E-state index is 6.33. The molecule has 0 radical (unpaired) electrons. The third kappa shape index (κ3) is 3.01. The molecule has 1 aliphatic heterocycles. The second-order valence-corrected chi connectivity index (χ2v) is 7.28. The van der Waals surface area contributed by atoms with Gasteiger partial charge in [0.2, 0.25) is 5.96 Å². The van der Waals surface area contributed by atoms with Crippen LogP contribution in [0.3, 0.4) is 0 Å². The molecular formula is C22H21N5O. The van der Waals surface area contributed by atoms with Crippen molar-refractivity contribution in [2.75, 3.05) is 0 Å². The fourth-order valence-electron chi connectivity index (χ4n) is 4.05. The van der Waals surface area contributed by atoms with Crippen molar-refractivity contribution in [1.29, 1.82) is 0 Å². The molecule has 2 N–H and O–H groups in total. The number of aromatic nitrogens is 2. The Balaban J connectivity index is 1.44. The highest BCUT2D eigenvalue weighted by molar-refractivity contribution is 5.79. The number of aryl methyl sites for hydroxylation is 1. The molecule has 1 spiro atoms. The first kappa shape index (κ1) is 16.9. The van der Waals surface area contributed by atoms with Gasteiger partial charge in [-0.3, -0.25) is 0 Å². The minimum absolute atomic E-state index is 0.438. The fourth-order valence-corrected chi connectivity index (χ4v) is 4.05. The number of hydrogen-bond donors (Lipinski definition) is 1. The Bertz CT molecular complexity index is 1020. The molecule has 140 valence electrons. The van der Waals surface area contributed by atoms with Crippen LogP contribution in [-0.4, -0.2) is 26.7 Å². The van der Waals surface area contributed by atoms with E-state index in [-0.39, 0.29) is 0 Å². The first-order valence-electron chi connectivity index (χ1n) is 9.45. The van der Waals surface area contributed by atoms with Crippen LogP contribution in [0.5, 0.6) is 0 Å². The van der Waals surface area contributed by atoms with Gasteiger partial charge in [0, 0.05) is 30.8 Å². The molecule has 0 fully saturated rings. The van der Waals surface area contributed by atoms with E-state index in [0.717, 1.165) is 29.5 Å². The summed E-state index contributed by atoms with van der Waals surface area (Å²) in [6.45, 7) is 0.582. The average molecular weight is 371 g/mol. The average Bonchev–Trinajstić information content (AvgIpc) is 3.03. The summed E-state index contributed by atoms with van der Waals surface area (Å²) < 4.78 is 0. The van der Waals surface area contributed by atoms with Gasteiger partial charge in [-0.2, -0.15) is 0 Å². The molecule has 28 heavy (non-hydrogen) atoms. The molecule has 1 aliphatic carbocycles. The summed E-state index contributed by atoms with van der Waals surface area (Å²) in [6, 6.07) is 16.5. The Hall–Kier alpha value is -3.25. The van der Waals surface area contributed by atoms with Gasteiger partial charge in [-0.1, -0.05) is 48.5 Å². The number of benzene rings is 2. The van der Waals surface area contributed by atoms with Crippen LogP contribution in [0, 0.1) is 0 Å². The first-order chi connectivity index (χ1) is 13.7. The van der Waals surface area contributed by atoms with E-state index in [1.165, 1.54) is 11.1 Å². The van der Waals surface area contributed by atoms with Crippen molar-refractivity contribution in [3.8, 4) is 11.1 Å². The lowest BCUT2D eigenvalue weighted by Crippen LogP contribution is -2.39. The number of hydroxylamine groups is 2. The Morgan fingerprint density at radius 3 is 2.68 bits per heavy atom. The summed E-state index contributed by atoms with van der Waals surface area (Å²) >= 11 is 0. The molecule has 0 bridgehead atoms. The summed E-state index contributed by atoms with van der Waals surface area (Å²) in [5.41, 5.74) is 11.4. The van der Waals surface area contributed by atoms with E-state index < -0.39 is 5.72 Å². The second-order valence-electron chi connectivity index (χ2n) is 7.28. The summed E-state index contributed by atoms with van der Waals surface area (Å²) in [5, 5.41) is 1.72. The largest absolute Gasteiger partial charge is 0.368 e. The van der Waals surface area contributed by atoms with E-state index in [1.54, 1.807) is 11.4 Å². The predicted molar refractivity (Wildman–Crippen MR) is 107 cm³/mol. The van der Waals surface area contributed by atoms with Crippen molar-refractivity contribution in [1.82, 2.24) is 15.0 Å². The van der Waals surface area contributed by atoms with Gasteiger partial charge in [-0.05, 0) is 28.7 Å². The number of rotatable bonds is 3. The fraction of sp³-hybridized carbons (Fsp3) is 0.227. The van der Waals surface area contributed by atoms with E-state index in [1.807, 2.05) is 30.6 Å². The standard InChI is InChI=1S/C22H21N5O/c23-21-26-22(28-27(21)14-16-5-2-1-3-6-16)10-9-17-7-4-8-19(20(17)11-22)18-12-24-15-25-13-18/h1-8,12-13,15H,9-11,14H2,(H2,23,26).